The van der Waals surface area contributed by atoms with Crippen molar-refractivity contribution in [1.29, 1.82) is 0 Å². The van der Waals surface area contributed by atoms with E-state index in [0.717, 1.165) is 0 Å². The highest BCUT2D eigenvalue weighted by Crippen LogP contribution is 2.05. The van der Waals surface area contributed by atoms with Crippen molar-refractivity contribution in [3.63, 3.8) is 0 Å². The van der Waals surface area contributed by atoms with Crippen molar-refractivity contribution < 1.29 is 29.1 Å². The molecule has 0 aliphatic heterocycles. The van der Waals surface area contributed by atoms with Gasteiger partial charge >= 0.3 is 5.97 Å². The number of hydrogen-bond donors (Lipinski definition) is 6. The Kier molecular flexibility index (Phi) is 10.8. The molecule has 3 atom stereocenters. The van der Waals surface area contributed by atoms with Crippen LogP contribution >= 0.6 is 0 Å². The van der Waals surface area contributed by atoms with Crippen molar-refractivity contribution in [2.24, 2.45) is 23.3 Å². The largest absolute Gasteiger partial charge is 0.480 e. The van der Waals surface area contributed by atoms with E-state index in [1.54, 1.807) is 13.8 Å². The van der Waals surface area contributed by atoms with Gasteiger partial charge in [0, 0.05) is 0 Å². The summed E-state index contributed by atoms with van der Waals surface area (Å²) in [7, 11) is 0. The average Bonchev–Trinajstić information content (AvgIpc) is 2.56. The Bertz CT molecular complexity index is 593. The summed E-state index contributed by atoms with van der Waals surface area (Å²) in [4.78, 5) is 58.5. The maximum absolute atomic E-state index is 12.2. The van der Waals surface area contributed by atoms with Crippen molar-refractivity contribution >= 4 is 29.6 Å². The monoisotopic (exact) mass is 401 g/mol. The molecule has 11 nitrogen and oxygen atoms in total. The summed E-state index contributed by atoms with van der Waals surface area (Å²) in [6.07, 6.45) is -0.252. The number of hydrogen-bond acceptors (Lipinski definition) is 6. The molecule has 0 bridgehead atoms. The van der Waals surface area contributed by atoms with E-state index in [2.05, 4.69) is 16.0 Å². The molecule has 0 rings (SSSR count). The quantitative estimate of drug-likeness (QED) is 0.219. The number of primary amides is 1. The first-order valence-corrected chi connectivity index (χ1v) is 8.99. The molecule has 0 aromatic carbocycles. The zero-order valence-electron chi connectivity index (χ0n) is 16.7. The number of amides is 4. The molecule has 0 radical (unpaired) electrons. The van der Waals surface area contributed by atoms with Crippen LogP contribution in [0, 0.1) is 11.8 Å². The second-order valence-corrected chi connectivity index (χ2v) is 7.31. The summed E-state index contributed by atoms with van der Waals surface area (Å²) in [6.45, 7) is 6.52. The fraction of sp³-hybridized carbons (Fsp3) is 0.706. The lowest BCUT2D eigenvalue weighted by molar-refractivity contribution is -0.142. The molecule has 0 aromatic rings. The SMILES string of the molecule is CC(C)CC(NC(=O)CNC(=O)C(CC(N)=O)NC(=O)C(N)C(C)C)C(=O)O. The first-order chi connectivity index (χ1) is 12.8. The second-order valence-electron chi connectivity index (χ2n) is 7.31. The summed E-state index contributed by atoms with van der Waals surface area (Å²) in [5, 5.41) is 16.0. The van der Waals surface area contributed by atoms with Crippen LogP contribution in [0.5, 0.6) is 0 Å². The van der Waals surface area contributed by atoms with Gasteiger partial charge in [0.1, 0.15) is 12.1 Å². The highest BCUT2D eigenvalue weighted by molar-refractivity contribution is 5.95. The third kappa shape index (κ3) is 9.86. The Balaban J connectivity index is 4.85. The molecule has 0 saturated carbocycles. The van der Waals surface area contributed by atoms with Gasteiger partial charge in [0.05, 0.1) is 19.0 Å². The van der Waals surface area contributed by atoms with E-state index >= 15 is 0 Å². The average molecular weight is 401 g/mol. The molecule has 0 spiro atoms. The van der Waals surface area contributed by atoms with Gasteiger partial charge in [0.15, 0.2) is 0 Å². The fourth-order valence-corrected chi connectivity index (χ4v) is 2.21. The molecule has 160 valence electrons. The summed E-state index contributed by atoms with van der Waals surface area (Å²) in [6, 6.07) is -3.28. The molecule has 11 heteroatoms. The molecular weight excluding hydrogens is 370 g/mol. The Labute approximate surface area is 164 Å². The predicted molar refractivity (Wildman–Crippen MR) is 101 cm³/mol. The molecule has 3 unspecified atom stereocenters. The molecule has 8 N–H and O–H groups in total. The van der Waals surface area contributed by atoms with E-state index in [1.165, 1.54) is 0 Å². The van der Waals surface area contributed by atoms with Gasteiger partial charge in [-0.05, 0) is 18.3 Å². The highest BCUT2D eigenvalue weighted by Gasteiger charge is 2.27. The van der Waals surface area contributed by atoms with Crippen LogP contribution in [0.3, 0.4) is 0 Å². The molecule has 0 fully saturated rings. The summed E-state index contributed by atoms with van der Waals surface area (Å²) in [5.74, 6) is -4.34. The molecule has 0 saturated heterocycles. The zero-order valence-corrected chi connectivity index (χ0v) is 16.7. The number of nitrogens with one attached hydrogen (secondary N) is 3. The Morgan fingerprint density at radius 2 is 1.50 bits per heavy atom. The van der Waals surface area contributed by atoms with Crippen molar-refractivity contribution in [3.8, 4) is 0 Å². The number of nitrogens with two attached hydrogens (primary N) is 2. The van der Waals surface area contributed by atoms with Crippen molar-refractivity contribution in [2.75, 3.05) is 6.54 Å². The predicted octanol–water partition coefficient (Wildman–Crippen LogP) is -1.94. The van der Waals surface area contributed by atoms with Gasteiger partial charge < -0.3 is 32.5 Å². The van der Waals surface area contributed by atoms with Gasteiger partial charge in [-0.25, -0.2) is 4.79 Å². The minimum atomic E-state index is -1.30. The first kappa shape index (κ1) is 25.3. The van der Waals surface area contributed by atoms with Crippen molar-refractivity contribution in [2.45, 2.75) is 58.7 Å². The van der Waals surface area contributed by atoms with E-state index in [1.807, 2.05) is 13.8 Å². The molecule has 0 aliphatic rings. The lowest BCUT2D eigenvalue weighted by atomic mass is 10.0. The van der Waals surface area contributed by atoms with E-state index in [0.29, 0.717) is 0 Å². The maximum Gasteiger partial charge on any atom is 0.326 e. The van der Waals surface area contributed by atoms with E-state index in [4.69, 9.17) is 16.6 Å². The van der Waals surface area contributed by atoms with Crippen LogP contribution in [0.15, 0.2) is 0 Å². The Hall–Kier alpha value is -2.69. The standard InChI is InChI=1S/C17H31N5O6/c1-8(2)5-11(17(27)28)21-13(24)7-20-15(25)10(6-12(18)23)22-16(26)14(19)9(3)4/h8-11,14H,5-7,19H2,1-4H3,(H2,18,23)(H,20,25)(H,21,24)(H,22,26)(H,27,28). The van der Waals surface area contributed by atoms with Crippen molar-refractivity contribution in [1.82, 2.24) is 16.0 Å². The van der Waals surface area contributed by atoms with Crippen LogP contribution in [0.1, 0.15) is 40.5 Å². The van der Waals surface area contributed by atoms with Crippen LogP contribution < -0.4 is 27.4 Å². The van der Waals surface area contributed by atoms with Gasteiger partial charge in [-0.15, -0.1) is 0 Å². The third-order valence-corrected chi connectivity index (χ3v) is 3.82. The topological polar surface area (TPSA) is 194 Å². The lowest BCUT2D eigenvalue weighted by Crippen LogP contribution is -2.55. The first-order valence-electron chi connectivity index (χ1n) is 8.99. The molecule has 28 heavy (non-hydrogen) atoms. The Morgan fingerprint density at radius 1 is 0.929 bits per heavy atom. The maximum atomic E-state index is 12.2. The lowest BCUT2D eigenvalue weighted by Gasteiger charge is -2.21. The van der Waals surface area contributed by atoms with Crippen LogP contribution in [0.25, 0.3) is 0 Å². The molecule has 0 aliphatic carbocycles. The van der Waals surface area contributed by atoms with E-state index in [9.17, 15) is 24.0 Å². The normalized spacial score (nSPS) is 14.1. The Morgan fingerprint density at radius 3 is 1.93 bits per heavy atom. The minimum Gasteiger partial charge on any atom is -0.480 e. The van der Waals surface area contributed by atoms with E-state index < -0.39 is 60.7 Å². The van der Waals surface area contributed by atoms with Crippen LogP contribution in [0.2, 0.25) is 0 Å². The van der Waals surface area contributed by atoms with Crippen LogP contribution in [-0.2, 0) is 24.0 Å². The number of aliphatic carboxylic acids is 1. The second kappa shape index (κ2) is 11.9. The number of carbonyl (C=O) groups excluding carboxylic acids is 4. The van der Waals surface area contributed by atoms with Gasteiger partial charge in [0.25, 0.3) is 0 Å². The number of rotatable bonds is 12. The summed E-state index contributed by atoms with van der Waals surface area (Å²) < 4.78 is 0. The number of carboxylic acids is 1. The minimum absolute atomic E-state index is 0.0383. The van der Waals surface area contributed by atoms with Crippen molar-refractivity contribution in [3.05, 3.63) is 0 Å². The van der Waals surface area contributed by atoms with Gasteiger partial charge in [-0.2, -0.15) is 0 Å². The van der Waals surface area contributed by atoms with Gasteiger partial charge in [0.2, 0.25) is 23.6 Å². The summed E-state index contributed by atoms with van der Waals surface area (Å²) >= 11 is 0. The highest BCUT2D eigenvalue weighted by atomic mass is 16.4. The zero-order chi connectivity index (χ0) is 22.0. The molecule has 4 amide bonds. The number of carboxylic acid groups (broad SMARTS) is 1. The van der Waals surface area contributed by atoms with E-state index in [-0.39, 0.29) is 18.3 Å². The van der Waals surface area contributed by atoms with Gasteiger partial charge in [-0.1, -0.05) is 27.7 Å². The van der Waals surface area contributed by atoms with Gasteiger partial charge in [-0.3, -0.25) is 19.2 Å². The number of carbonyl (C=O) groups is 5. The molecular formula is C17H31N5O6. The van der Waals surface area contributed by atoms with Crippen LogP contribution in [0.4, 0.5) is 0 Å². The fourth-order valence-electron chi connectivity index (χ4n) is 2.21. The molecule has 0 aromatic heterocycles. The molecule has 0 heterocycles. The summed E-state index contributed by atoms with van der Waals surface area (Å²) in [5.41, 5.74) is 10.8. The third-order valence-electron chi connectivity index (χ3n) is 3.82. The van der Waals surface area contributed by atoms with Crippen LogP contribution in [-0.4, -0.2) is 59.4 Å². The smallest absolute Gasteiger partial charge is 0.326 e.